The highest BCUT2D eigenvalue weighted by atomic mass is 16.3. The molecular formula is C22H19N3O. The Hall–Kier alpha value is -3.27. The van der Waals surface area contributed by atoms with Crippen LogP contribution in [0.2, 0.25) is 0 Å². The van der Waals surface area contributed by atoms with Gasteiger partial charge in [0.2, 0.25) is 0 Å². The summed E-state index contributed by atoms with van der Waals surface area (Å²) in [5.74, 6) is 0.179. The van der Waals surface area contributed by atoms with Crippen LogP contribution < -0.4 is 0 Å². The van der Waals surface area contributed by atoms with Crippen LogP contribution in [0.4, 0.5) is 0 Å². The summed E-state index contributed by atoms with van der Waals surface area (Å²) in [6, 6.07) is 15.9. The Morgan fingerprint density at radius 2 is 1.88 bits per heavy atom. The Kier molecular flexibility index (Phi) is 4.32. The van der Waals surface area contributed by atoms with Crippen LogP contribution in [0.5, 0.6) is 5.75 Å². The molecule has 0 saturated heterocycles. The monoisotopic (exact) mass is 341 g/mol. The number of hydrogen-bond acceptors (Lipinski definition) is 4. The molecule has 0 bridgehead atoms. The minimum Gasteiger partial charge on any atom is -0.505 e. The predicted molar refractivity (Wildman–Crippen MR) is 102 cm³/mol. The van der Waals surface area contributed by atoms with Gasteiger partial charge in [-0.05, 0) is 42.3 Å². The Morgan fingerprint density at radius 1 is 0.962 bits per heavy atom. The lowest BCUT2D eigenvalue weighted by molar-refractivity contribution is 0.469. The van der Waals surface area contributed by atoms with Crippen molar-refractivity contribution < 1.29 is 5.11 Å². The molecule has 128 valence electrons. The highest BCUT2D eigenvalue weighted by Gasteiger charge is 2.21. The van der Waals surface area contributed by atoms with E-state index in [9.17, 15) is 5.11 Å². The summed E-state index contributed by atoms with van der Waals surface area (Å²) in [4.78, 5) is 13.2. The summed E-state index contributed by atoms with van der Waals surface area (Å²) in [5, 5.41) is 11.9. The number of phenolic OH excluding ortho intramolecular Hbond substituents is 1. The average Bonchev–Trinajstić information content (AvgIpc) is 2.68. The SMILES string of the molecule is Cc1cnc2c(O)c(C(Cc3ccccn3)c3cccnc3)ccc2c1. The molecule has 4 aromatic rings. The van der Waals surface area contributed by atoms with E-state index >= 15 is 0 Å². The van der Waals surface area contributed by atoms with E-state index in [0.717, 1.165) is 27.8 Å². The summed E-state index contributed by atoms with van der Waals surface area (Å²) in [6.45, 7) is 2.00. The van der Waals surface area contributed by atoms with Crippen LogP contribution >= 0.6 is 0 Å². The van der Waals surface area contributed by atoms with E-state index in [1.54, 1.807) is 18.6 Å². The van der Waals surface area contributed by atoms with Crippen molar-refractivity contribution in [3.8, 4) is 5.75 Å². The second-order valence-electron chi connectivity index (χ2n) is 6.45. The number of hydrogen-bond donors (Lipinski definition) is 1. The number of nitrogens with zero attached hydrogens (tertiary/aromatic N) is 3. The van der Waals surface area contributed by atoms with Gasteiger partial charge in [0, 0.05) is 53.8 Å². The minimum atomic E-state index is -0.0499. The number of aromatic nitrogens is 3. The quantitative estimate of drug-likeness (QED) is 0.597. The molecule has 0 spiro atoms. The lowest BCUT2D eigenvalue weighted by Gasteiger charge is -2.19. The first kappa shape index (κ1) is 16.2. The summed E-state index contributed by atoms with van der Waals surface area (Å²) in [6.07, 6.45) is 7.85. The van der Waals surface area contributed by atoms with Gasteiger partial charge in [-0.25, -0.2) is 0 Å². The van der Waals surface area contributed by atoms with Crippen molar-refractivity contribution in [3.63, 3.8) is 0 Å². The molecule has 4 nitrogen and oxygen atoms in total. The molecule has 1 aromatic carbocycles. The molecule has 1 unspecified atom stereocenters. The molecule has 0 aliphatic heterocycles. The summed E-state index contributed by atoms with van der Waals surface area (Å²) >= 11 is 0. The number of rotatable bonds is 4. The summed E-state index contributed by atoms with van der Waals surface area (Å²) < 4.78 is 0. The molecule has 0 aliphatic carbocycles. The van der Waals surface area contributed by atoms with Crippen LogP contribution in [0.15, 0.2) is 73.3 Å². The molecule has 0 fully saturated rings. The van der Waals surface area contributed by atoms with Crippen LogP contribution in [0, 0.1) is 6.92 Å². The van der Waals surface area contributed by atoms with Crippen molar-refractivity contribution in [2.24, 2.45) is 0 Å². The number of aromatic hydroxyl groups is 1. The largest absolute Gasteiger partial charge is 0.505 e. The standard InChI is InChI=1S/C22H19N3O/c1-15-11-16-7-8-19(22(26)21(16)25-13-15)20(17-5-4-9-23-14-17)12-18-6-2-3-10-24-18/h2-11,13-14,20,26H,12H2,1H3. The van der Waals surface area contributed by atoms with Crippen molar-refractivity contribution >= 4 is 10.9 Å². The molecule has 3 heterocycles. The molecule has 0 aliphatic rings. The van der Waals surface area contributed by atoms with Crippen molar-refractivity contribution in [2.45, 2.75) is 19.3 Å². The van der Waals surface area contributed by atoms with Gasteiger partial charge < -0.3 is 5.11 Å². The highest BCUT2D eigenvalue weighted by molar-refractivity contribution is 5.86. The van der Waals surface area contributed by atoms with Gasteiger partial charge in [-0.1, -0.05) is 24.3 Å². The topological polar surface area (TPSA) is 58.9 Å². The molecule has 0 saturated carbocycles. The van der Waals surface area contributed by atoms with Crippen LogP contribution in [-0.4, -0.2) is 20.1 Å². The Bertz CT molecular complexity index is 1030. The molecule has 4 heteroatoms. The van der Waals surface area contributed by atoms with E-state index in [1.165, 1.54) is 0 Å². The number of fused-ring (bicyclic) bond motifs is 1. The lowest BCUT2D eigenvalue weighted by atomic mass is 9.87. The summed E-state index contributed by atoms with van der Waals surface area (Å²) in [5.41, 5.74) is 4.55. The highest BCUT2D eigenvalue weighted by Crippen LogP contribution is 2.37. The van der Waals surface area contributed by atoms with E-state index in [2.05, 4.69) is 15.0 Å². The zero-order chi connectivity index (χ0) is 17.9. The van der Waals surface area contributed by atoms with Crippen LogP contribution in [0.1, 0.15) is 28.3 Å². The van der Waals surface area contributed by atoms with E-state index in [4.69, 9.17) is 0 Å². The summed E-state index contributed by atoms with van der Waals surface area (Å²) in [7, 11) is 0. The molecule has 3 aromatic heterocycles. The van der Waals surface area contributed by atoms with Crippen molar-refractivity contribution in [3.05, 3.63) is 95.7 Å². The molecule has 0 radical (unpaired) electrons. The van der Waals surface area contributed by atoms with E-state index in [1.807, 2.05) is 61.7 Å². The van der Waals surface area contributed by atoms with Crippen molar-refractivity contribution in [1.82, 2.24) is 15.0 Å². The Labute approximate surface area is 152 Å². The zero-order valence-corrected chi connectivity index (χ0v) is 14.5. The van der Waals surface area contributed by atoms with Crippen LogP contribution in [-0.2, 0) is 6.42 Å². The second kappa shape index (κ2) is 6.92. The number of aryl methyl sites for hydroxylation is 1. The lowest BCUT2D eigenvalue weighted by Crippen LogP contribution is -2.07. The van der Waals surface area contributed by atoms with E-state index in [-0.39, 0.29) is 11.7 Å². The van der Waals surface area contributed by atoms with Gasteiger partial charge in [-0.3, -0.25) is 15.0 Å². The fraction of sp³-hybridized carbons (Fsp3) is 0.136. The first-order chi connectivity index (χ1) is 12.7. The van der Waals surface area contributed by atoms with Gasteiger partial charge in [-0.2, -0.15) is 0 Å². The molecule has 4 rings (SSSR count). The van der Waals surface area contributed by atoms with E-state index in [0.29, 0.717) is 11.9 Å². The van der Waals surface area contributed by atoms with Gasteiger partial charge in [0.25, 0.3) is 0 Å². The predicted octanol–water partition coefficient (Wildman–Crippen LogP) is 4.41. The minimum absolute atomic E-state index is 0.0499. The van der Waals surface area contributed by atoms with Gasteiger partial charge in [0.1, 0.15) is 11.3 Å². The van der Waals surface area contributed by atoms with E-state index < -0.39 is 0 Å². The normalized spacial score (nSPS) is 12.2. The van der Waals surface area contributed by atoms with Gasteiger partial charge >= 0.3 is 0 Å². The molecule has 26 heavy (non-hydrogen) atoms. The molecule has 1 atom stereocenters. The smallest absolute Gasteiger partial charge is 0.145 e. The first-order valence-electron chi connectivity index (χ1n) is 8.60. The second-order valence-corrected chi connectivity index (χ2v) is 6.45. The maximum absolute atomic E-state index is 10.9. The third-order valence-electron chi connectivity index (χ3n) is 4.60. The maximum Gasteiger partial charge on any atom is 0.145 e. The Balaban J connectivity index is 1.85. The fourth-order valence-corrected chi connectivity index (χ4v) is 3.31. The van der Waals surface area contributed by atoms with Gasteiger partial charge in [0.05, 0.1) is 0 Å². The molecule has 1 N–H and O–H groups in total. The first-order valence-corrected chi connectivity index (χ1v) is 8.60. The Morgan fingerprint density at radius 3 is 2.65 bits per heavy atom. The number of pyridine rings is 3. The average molecular weight is 341 g/mol. The van der Waals surface area contributed by atoms with Gasteiger partial charge in [-0.15, -0.1) is 0 Å². The van der Waals surface area contributed by atoms with Crippen LogP contribution in [0.3, 0.4) is 0 Å². The fourth-order valence-electron chi connectivity index (χ4n) is 3.31. The number of phenols is 1. The third kappa shape index (κ3) is 3.14. The van der Waals surface area contributed by atoms with Crippen LogP contribution in [0.25, 0.3) is 10.9 Å². The molecular weight excluding hydrogens is 322 g/mol. The van der Waals surface area contributed by atoms with Crippen molar-refractivity contribution in [2.75, 3.05) is 0 Å². The maximum atomic E-state index is 10.9. The zero-order valence-electron chi connectivity index (χ0n) is 14.5. The van der Waals surface area contributed by atoms with Crippen molar-refractivity contribution in [1.29, 1.82) is 0 Å². The molecule has 0 amide bonds. The third-order valence-corrected chi connectivity index (χ3v) is 4.60. The van der Waals surface area contributed by atoms with Gasteiger partial charge in [0.15, 0.2) is 0 Å². The number of benzene rings is 1.